The monoisotopic (exact) mass is 297 g/mol. The van der Waals surface area contributed by atoms with Crippen LogP contribution < -0.4 is 11.1 Å². The molecule has 1 aliphatic heterocycles. The molecule has 0 bridgehead atoms. The fraction of sp³-hybridized carbons (Fsp3) is 0.538. The molecule has 17 heavy (non-hydrogen) atoms. The molecule has 0 saturated carbocycles. The number of hydrogen-bond acceptors (Lipinski definition) is 3. The van der Waals surface area contributed by atoms with Gasteiger partial charge in [-0.2, -0.15) is 0 Å². The Bertz CT molecular complexity index is 394. The van der Waals surface area contributed by atoms with Crippen LogP contribution in [0.5, 0.6) is 0 Å². The minimum Gasteiger partial charge on any atom is -0.323 e. The number of halogens is 1. The second-order valence-electron chi connectivity index (χ2n) is 4.78. The van der Waals surface area contributed by atoms with Crippen molar-refractivity contribution in [3.05, 3.63) is 33.8 Å². The number of likely N-dealkylation sites (N-methyl/N-ethyl adjacent to an activating group) is 1. The molecular weight excluding hydrogens is 278 g/mol. The molecule has 1 aliphatic rings. The molecule has 1 fully saturated rings. The van der Waals surface area contributed by atoms with E-state index >= 15 is 0 Å². The van der Waals surface area contributed by atoms with E-state index in [9.17, 15) is 0 Å². The van der Waals surface area contributed by atoms with E-state index in [-0.39, 0.29) is 6.04 Å². The Morgan fingerprint density at radius 3 is 3.00 bits per heavy atom. The van der Waals surface area contributed by atoms with Crippen LogP contribution in [0.3, 0.4) is 0 Å². The van der Waals surface area contributed by atoms with Gasteiger partial charge in [0.1, 0.15) is 0 Å². The Balaban J connectivity index is 2.23. The van der Waals surface area contributed by atoms with Crippen LogP contribution in [0.1, 0.15) is 17.2 Å². The van der Waals surface area contributed by atoms with Crippen molar-refractivity contribution in [2.75, 3.05) is 26.7 Å². The third-order valence-electron chi connectivity index (χ3n) is 3.58. The highest BCUT2D eigenvalue weighted by molar-refractivity contribution is 9.10. The van der Waals surface area contributed by atoms with Gasteiger partial charge in [-0.05, 0) is 37.2 Å². The molecule has 1 aromatic carbocycles. The molecule has 1 saturated heterocycles. The lowest BCUT2D eigenvalue weighted by Crippen LogP contribution is -2.53. The summed E-state index contributed by atoms with van der Waals surface area (Å²) in [6.07, 6.45) is 0. The summed E-state index contributed by atoms with van der Waals surface area (Å²) in [6, 6.07) is 6.76. The minimum atomic E-state index is 0.0605. The van der Waals surface area contributed by atoms with E-state index in [0.717, 1.165) is 24.1 Å². The first kappa shape index (κ1) is 13.0. The molecule has 1 aromatic rings. The van der Waals surface area contributed by atoms with Crippen LogP contribution in [0.2, 0.25) is 0 Å². The highest BCUT2D eigenvalue weighted by Crippen LogP contribution is 2.25. The van der Waals surface area contributed by atoms with E-state index in [2.05, 4.69) is 58.3 Å². The van der Waals surface area contributed by atoms with Gasteiger partial charge >= 0.3 is 0 Å². The predicted octanol–water partition coefficient (Wildman–Crippen LogP) is 1.66. The molecule has 3 N–H and O–H groups in total. The average Bonchev–Trinajstić information content (AvgIpc) is 2.32. The van der Waals surface area contributed by atoms with E-state index < -0.39 is 0 Å². The zero-order valence-corrected chi connectivity index (χ0v) is 12.0. The fourth-order valence-electron chi connectivity index (χ4n) is 2.41. The standard InChI is InChI=1S/C13H20BrN3/c1-9-3-4-10(14)7-11(9)13(15)12-8-16-5-6-17(12)2/h3-4,7,12-13,16H,5-6,8,15H2,1-2H3. The summed E-state index contributed by atoms with van der Waals surface area (Å²) in [5.41, 5.74) is 8.93. The van der Waals surface area contributed by atoms with Crippen molar-refractivity contribution >= 4 is 15.9 Å². The Morgan fingerprint density at radius 1 is 1.53 bits per heavy atom. The van der Waals surface area contributed by atoms with Crippen molar-refractivity contribution in [1.82, 2.24) is 10.2 Å². The summed E-state index contributed by atoms with van der Waals surface area (Å²) in [7, 11) is 2.15. The minimum absolute atomic E-state index is 0.0605. The normalized spacial score (nSPS) is 23.6. The van der Waals surface area contributed by atoms with Crippen LogP contribution in [-0.2, 0) is 0 Å². The first-order valence-corrected chi connectivity index (χ1v) is 6.81. The van der Waals surface area contributed by atoms with Crippen LogP contribution in [0.15, 0.2) is 22.7 Å². The summed E-state index contributed by atoms with van der Waals surface area (Å²) in [6.45, 7) is 5.20. The summed E-state index contributed by atoms with van der Waals surface area (Å²) in [5, 5.41) is 3.42. The van der Waals surface area contributed by atoms with Crippen molar-refractivity contribution in [3.8, 4) is 0 Å². The zero-order chi connectivity index (χ0) is 12.4. The number of nitrogens with two attached hydrogens (primary N) is 1. The van der Waals surface area contributed by atoms with Gasteiger partial charge in [-0.3, -0.25) is 4.90 Å². The molecule has 2 atom stereocenters. The first-order valence-electron chi connectivity index (χ1n) is 6.02. The molecule has 3 nitrogen and oxygen atoms in total. The largest absolute Gasteiger partial charge is 0.323 e. The van der Waals surface area contributed by atoms with Crippen molar-refractivity contribution in [3.63, 3.8) is 0 Å². The SMILES string of the molecule is Cc1ccc(Br)cc1C(N)C1CNCCN1C. The lowest BCUT2D eigenvalue weighted by Gasteiger charge is -2.37. The maximum atomic E-state index is 6.43. The maximum Gasteiger partial charge on any atom is 0.0468 e. The zero-order valence-electron chi connectivity index (χ0n) is 10.4. The van der Waals surface area contributed by atoms with Gasteiger partial charge in [0.05, 0.1) is 0 Å². The predicted molar refractivity (Wildman–Crippen MR) is 75.1 cm³/mol. The van der Waals surface area contributed by atoms with Gasteiger partial charge in [0, 0.05) is 36.2 Å². The smallest absolute Gasteiger partial charge is 0.0468 e. The number of benzene rings is 1. The Hall–Kier alpha value is -0.420. The summed E-state index contributed by atoms with van der Waals surface area (Å²) < 4.78 is 1.10. The Morgan fingerprint density at radius 2 is 2.29 bits per heavy atom. The van der Waals surface area contributed by atoms with Gasteiger partial charge in [-0.25, -0.2) is 0 Å². The first-order chi connectivity index (χ1) is 8.09. The van der Waals surface area contributed by atoms with Gasteiger partial charge in [0.15, 0.2) is 0 Å². The van der Waals surface area contributed by atoms with Crippen molar-refractivity contribution in [2.45, 2.75) is 19.0 Å². The number of hydrogen-bond donors (Lipinski definition) is 2. The van der Waals surface area contributed by atoms with Gasteiger partial charge in [0.25, 0.3) is 0 Å². The van der Waals surface area contributed by atoms with Gasteiger partial charge < -0.3 is 11.1 Å². The van der Waals surface area contributed by atoms with Gasteiger partial charge in [-0.15, -0.1) is 0 Å². The van der Waals surface area contributed by atoms with E-state index in [1.165, 1.54) is 11.1 Å². The number of aryl methyl sites for hydroxylation is 1. The number of piperazine rings is 1. The maximum absolute atomic E-state index is 6.43. The lowest BCUT2D eigenvalue weighted by molar-refractivity contribution is 0.174. The van der Waals surface area contributed by atoms with Gasteiger partial charge in [-0.1, -0.05) is 22.0 Å². The number of nitrogens with one attached hydrogen (secondary N) is 1. The molecule has 0 radical (unpaired) electrons. The van der Waals surface area contributed by atoms with Crippen molar-refractivity contribution in [2.24, 2.45) is 5.73 Å². The van der Waals surface area contributed by atoms with Gasteiger partial charge in [0.2, 0.25) is 0 Å². The van der Waals surface area contributed by atoms with E-state index in [1.807, 2.05) is 0 Å². The van der Waals surface area contributed by atoms with Crippen LogP contribution in [0.25, 0.3) is 0 Å². The molecule has 2 unspecified atom stereocenters. The van der Waals surface area contributed by atoms with E-state index in [0.29, 0.717) is 6.04 Å². The molecule has 0 amide bonds. The highest BCUT2D eigenvalue weighted by atomic mass is 79.9. The molecule has 1 heterocycles. The highest BCUT2D eigenvalue weighted by Gasteiger charge is 2.26. The van der Waals surface area contributed by atoms with E-state index in [1.54, 1.807) is 0 Å². The quantitative estimate of drug-likeness (QED) is 0.872. The summed E-state index contributed by atoms with van der Waals surface area (Å²) >= 11 is 3.52. The molecular formula is C13H20BrN3. The number of rotatable bonds is 2. The van der Waals surface area contributed by atoms with Crippen LogP contribution in [-0.4, -0.2) is 37.6 Å². The topological polar surface area (TPSA) is 41.3 Å². The molecule has 4 heteroatoms. The van der Waals surface area contributed by atoms with Crippen molar-refractivity contribution in [1.29, 1.82) is 0 Å². The summed E-state index contributed by atoms with van der Waals surface area (Å²) in [5.74, 6) is 0. The van der Waals surface area contributed by atoms with E-state index in [4.69, 9.17) is 5.73 Å². The molecule has 0 aromatic heterocycles. The lowest BCUT2D eigenvalue weighted by atomic mass is 9.94. The molecule has 2 rings (SSSR count). The Labute approximate surface area is 111 Å². The summed E-state index contributed by atoms with van der Waals surface area (Å²) in [4.78, 5) is 2.35. The third kappa shape index (κ3) is 2.88. The molecule has 0 aliphatic carbocycles. The van der Waals surface area contributed by atoms with Crippen molar-refractivity contribution < 1.29 is 0 Å². The Kier molecular flexibility index (Phi) is 4.20. The fourth-order valence-corrected chi connectivity index (χ4v) is 2.78. The molecule has 0 spiro atoms. The molecule has 94 valence electrons. The van der Waals surface area contributed by atoms with Crippen LogP contribution >= 0.6 is 15.9 Å². The van der Waals surface area contributed by atoms with Crippen LogP contribution in [0.4, 0.5) is 0 Å². The average molecular weight is 298 g/mol. The third-order valence-corrected chi connectivity index (χ3v) is 4.07. The van der Waals surface area contributed by atoms with Crippen LogP contribution in [0, 0.1) is 6.92 Å². The second kappa shape index (κ2) is 5.48. The number of nitrogens with zero attached hydrogens (tertiary/aromatic N) is 1. The second-order valence-corrected chi connectivity index (χ2v) is 5.69.